The molecule has 0 saturated heterocycles. The van der Waals surface area contributed by atoms with E-state index in [-0.39, 0.29) is 16.3 Å². The molecule has 0 heterocycles. The summed E-state index contributed by atoms with van der Waals surface area (Å²) in [5, 5.41) is 11.0. The quantitative estimate of drug-likeness (QED) is 0.360. The predicted molar refractivity (Wildman–Crippen MR) is 74.9 cm³/mol. The van der Waals surface area contributed by atoms with Crippen LogP contribution in [0.2, 0.25) is 0 Å². The average Bonchev–Trinajstić information content (AvgIpc) is 2.29. The summed E-state index contributed by atoms with van der Waals surface area (Å²) in [5.74, 6) is -4.70. The zero-order valence-corrected chi connectivity index (χ0v) is 13.2. The number of halogens is 3. The van der Waals surface area contributed by atoms with E-state index in [9.17, 15) is 18.4 Å². The van der Waals surface area contributed by atoms with E-state index in [2.05, 4.69) is 20.7 Å². The Morgan fingerprint density at radius 3 is 2.43 bits per heavy atom. The molecule has 116 valence electrons. The molecule has 1 aromatic carbocycles. The number of esters is 1. The summed E-state index contributed by atoms with van der Waals surface area (Å²) >= 11 is 2.85. The van der Waals surface area contributed by atoms with Crippen molar-refractivity contribution in [3.63, 3.8) is 0 Å². The van der Waals surface area contributed by atoms with Gasteiger partial charge in [0.05, 0.1) is 12.1 Å². The van der Waals surface area contributed by atoms with Gasteiger partial charge < -0.3 is 9.84 Å². The summed E-state index contributed by atoms with van der Waals surface area (Å²) in [7, 11) is 0. The summed E-state index contributed by atoms with van der Waals surface area (Å²) in [6, 6.07) is 0.866. The van der Waals surface area contributed by atoms with Crippen LogP contribution in [0.4, 0.5) is 19.3 Å². The number of carbonyl (C=O) groups is 2. The van der Waals surface area contributed by atoms with Crippen molar-refractivity contribution in [2.45, 2.75) is 27.2 Å². The number of amides is 1. The third-order valence-corrected chi connectivity index (χ3v) is 2.87. The Hall–Kier alpha value is -1.70. The van der Waals surface area contributed by atoms with E-state index < -0.39 is 35.1 Å². The van der Waals surface area contributed by atoms with Crippen LogP contribution in [0.15, 0.2) is 10.5 Å². The van der Waals surface area contributed by atoms with Gasteiger partial charge in [0.25, 0.3) is 0 Å². The summed E-state index contributed by atoms with van der Waals surface area (Å²) in [4.78, 5) is 22.9. The van der Waals surface area contributed by atoms with Gasteiger partial charge >= 0.3 is 12.1 Å². The lowest BCUT2D eigenvalue weighted by Crippen LogP contribution is -2.23. The fraction of sp³-hybridized carbons (Fsp3) is 0.385. The molecule has 0 aliphatic heterocycles. The van der Waals surface area contributed by atoms with Crippen molar-refractivity contribution < 1.29 is 28.2 Å². The van der Waals surface area contributed by atoms with Gasteiger partial charge in [-0.15, -0.1) is 0 Å². The first-order valence-electron chi connectivity index (χ1n) is 5.89. The van der Waals surface area contributed by atoms with E-state index in [1.165, 1.54) is 0 Å². The summed E-state index contributed by atoms with van der Waals surface area (Å²) in [6.45, 7) is 5.33. The second-order valence-corrected chi connectivity index (χ2v) is 6.36. The smallest absolute Gasteiger partial charge is 0.419 e. The molecule has 0 saturated carbocycles. The number of phenolic OH excluding ortho intramolecular Hbond substituents is 1. The Bertz CT molecular complexity index is 585. The molecular formula is C13H14BrF2NO4. The average molecular weight is 366 g/mol. The number of ether oxygens (including phenoxy) is 1. The Morgan fingerprint density at radius 1 is 1.33 bits per heavy atom. The van der Waals surface area contributed by atoms with E-state index in [0.29, 0.717) is 0 Å². The van der Waals surface area contributed by atoms with Gasteiger partial charge in [0.15, 0.2) is 11.6 Å². The molecule has 0 bridgehead atoms. The highest BCUT2D eigenvalue weighted by molar-refractivity contribution is 9.10. The van der Waals surface area contributed by atoms with Crippen LogP contribution in [0.1, 0.15) is 27.2 Å². The molecule has 0 unspecified atom stereocenters. The van der Waals surface area contributed by atoms with Crippen LogP contribution < -0.4 is 5.32 Å². The number of hydrogen-bond acceptors (Lipinski definition) is 4. The molecule has 2 N–H and O–H groups in total. The van der Waals surface area contributed by atoms with Crippen LogP contribution in [-0.2, 0) is 9.53 Å². The Labute approximate surface area is 128 Å². The van der Waals surface area contributed by atoms with Crippen molar-refractivity contribution in [3.05, 3.63) is 22.2 Å². The summed E-state index contributed by atoms with van der Waals surface area (Å²) < 4.78 is 31.1. The van der Waals surface area contributed by atoms with E-state index in [4.69, 9.17) is 5.11 Å². The number of anilines is 1. The second-order valence-electron chi connectivity index (χ2n) is 5.50. The molecule has 0 fully saturated rings. The highest BCUT2D eigenvalue weighted by Crippen LogP contribution is 2.33. The van der Waals surface area contributed by atoms with Crippen LogP contribution >= 0.6 is 15.9 Å². The Morgan fingerprint density at radius 2 is 1.90 bits per heavy atom. The molecule has 0 atom stereocenters. The number of rotatable bonds is 2. The predicted octanol–water partition coefficient (Wildman–Crippen LogP) is 3.94. The zero-order valence-electron chi connectivity index (χ0n) is 11.6. The van der Waals surface area contributed by atoms with Gasteiger partial charge in [0.2, 0.25) is 5.82 Å². The van der Waals surface area contributed by atoms with E-state index in [1.54, 1.807) is 20.8 Å². The number of benzene rings is 1. The SMILES string of the molecule is CC(C)(C)CC(=O)OC(=O)Nc1c(Br)cc(O)c(F)c1F. The molecule has 0 aliphatic carbocycles. The summed E-state index contributed by atoms with van der Waals surface area (Å²) in [6.07, 6.45) is -1.26. The molecule has 8 heteroatoms. The molecule has 0 aromatic heterocycles. The first-order chi connectivity index (χ1) is 9.51. The van der Waals surface area contributed by atoms with E-state index in [1.807, 2.05) is 5.32 Å². The van der Waals surface area contributed by atoms with Gasteiger partial charge in [0, 0.05) is 4.47 Å². The number of phenols is 1. The van der Waals surface area contributed by atoms with Crippen LogP contribution in [0.3, 0.4) is 0 Å². The number of nitrogens with one attached hydrogen (secondary N) is 1. The van der Waals surface area contributed by atoms with Crippen molar-refractivity contribution in [3.8, 4) is 5.75 Å². The normalized spacial score (nSPS) is 11.1. The van der Waals surface area contributed by atoms with E-state index in [0.717, 1.165) is 6.07 Å². The van der Waals surface area contributed by atoms with Crippen molar-refractivity contribution in [1.82, 2.24) is 0 Å². The molecule has 0 spiro atoms. The van der Waals surface area contributed by atoms with Gasteiger partial charge in [-0.25, -0.2) is 9.18 Å². The van der Waals surface area contributed by atoms with Crippen LogP contribution in [0, 0.1) is 17.0 Å². The molecular weight excluding hydrogens is 352 g/mol. The van der Waals surface area contributed by atoms with Crippen molar-refractivity contribution in [2.24, 2.45) is 5.41 Å². The maximum Gasteiger partial charge on any atom is 0.419 e. The molecule has 0 aliphatic rings. The van der Waals surface area contributed by atoms with Crippen LogP contribution in [0.25, 0.3) is 0 Å². The fourth-order valence-electron chi connectivity index (χ4n) is 1.40. The third kappa shape index (κ3) is 4.96. The minimum atomic E-state index is -1.52. The van der Waals surface area contributed by atoms with Gasteiger partial charge in [-0.2, -0.15) is 4.39 Å². The first-order valence-corrected chi connectivity index (χ1v) is 6.68. The van der Waals surface area contributed by atoms with Gasteiger partial charge in [-0.05, 0) is 27.4 Å². The molecule has 5 nitrogen and oxygen atoms in total. The minimum Gasteiger partial charge on any atom is -0.505 e. The third-order valence-electron chi connectivity index (χ3n) is 2.25. The second kappa shape index (κ2) is 6.38. The lowest BCUT2D eigenvalue weighted by Gasteiger charge is -2.16. The minimum absolute atomic E-state index is 0.0198. The number of hydrogen-bond donors (Lipinski definition) is 2. The standard InChI is InChI=1S/C13H14BrF2NO4/c1-13(2,3)5-8(19)21-12(20)17-11-6(14)4-7(18)9(15)10(11)16/h4,18H,5H2,1-3H3,(H,17,20). The maximum absolute atomic E-state index is 13.6. The van der Waals surface area contributed by atoms with Gasteiger partial charge in [0.1, 0.15) is 0 Å². The molecule has 1 rings (SSSR count). The van der Waals surface area contributed by atoms with Crippen molar-refractivity contribution >= 4 is 33.7 Å². The van der Waals surface area contributed by atoms with Crippen molar-refractivity contribution in [2.75, 3.05) is 5.32 Å². The van der Waals surface area contributed by atoms with Crippen LogP contribution in [0.5, 0.6) is 5.75 Å². The topological polar surface area (TPSA) is 75.6 Å². The number of aromatic hydroxyl groups is 1. The Kier molecular flexibility index (Phi) is 5.27. The van der Waals surface area contributed by atoms with E-state index >= 15 is 0 Å². The molecule has 1 aromatic rings. The zero-order chi connectivity index (χ0) is 16.4. The number of carbonyl (C=O) groups excluding carboxylic acids is 2. The van der Waals surface area contributed by atoms with Crippen LogP contribution in [-0.4, -0.2) is 17.2 Å². The maximum atomic E-state index is 13.6. The molecule has 21 heavy (non-hydrogen) atoms. The highest BCUT2D eigenvalue weighted by atomic mass is 79.9. The highest BCUT2D eigenvalue weighted by Gasteiger charge is 2.23. The largest absolute Gasteiger partial charge is 0.505 e. The lowest BCUT2D eigenvalue weighted by atomic mass is 9.93. The Balaban J connectivity index is 2.81. The monoisotopic (exact) mass is 365 g/mol. The molecule has 1 amide bonds. The van der Waals surface area contributed by atoms with Gasteiger partial charge in [-0.3, -0.25) is 10.1 Å². The summed E-state index contributed by atoms with van der Waals surface area (Å²) in [5.41, 5.74) is -0.952. The molecule has 0 radical (unpaired) electrons. The lowest BCUT2D eigenvalue weighted by molar-refractivity contribution is -0.138. The first kappa shape index (κ1) is 17.4. The van der Waals surface area contributed by atoms with Gasteiger partial charge in [-0.1, -0.05) is 20.8 Å². The van der Waals surface area contributed by atoms with Crippen molar-refractivity contribution in [1.29, 1.82) is 0 Å². The fourth-order valence-corrected chi connectivity index (χ4v) is 1.89.